The highest BCUT2D eigenvalue weighted by Crippen LogP contribution is 2.23. The van der Waals surface area contributed by atoms with Crippen LogP contribution in [0.1, 0.15) is 11.3 Å². The number of fused-ring (bicyclic) bond motifs is 1. The summed E-state index contributed by atoms with van der Waals surface area (Å²) in [5.74, 6) is 0. The lowest BCUT2D eigenvalue weighted by Gasteiger charge is -2.30. The van der Waals surface area contributed by atoms with Crippen molar-refractivity contribution in [1.29, 1.82) is 0 Å². The molecular formula is C25H25ClN4O3. The number of pyridine rings is 1. The van der Waals surface area contributed by atoms with Crippen LogP contribution in [-0.2, 0) is 17.7 Å². The molecule has 0 unspecified atom stereocenters. The minimum Gasteiger partial charge on any atom is -0.378 e. The highest BCUT2D eigenvalue weighted by molar-refractivity contribution is 6.32. The van der Waals surface area contributed by atoms with Gasteiger partial charge in [0, 0.05) is 37.1 Å². The third kappa shape index (κ3) is 3.98. The Hall–Kier alpha value is -3.29. The molecule has 2 aromatic carbocycles. The SMILES string of the molecule is Cc1c2c(=O)n(-c3ccccc3Cl)[nH]c2cc(=O)n1CCc1ccccc1N1CCOCC1. The number of rotatable bonds is 5. The summed E-state index contributed by atoms with van der Waals surface area (Å²) in [5, 5.41) is 4.00. The molecule has 33 heavy (non-hydrogen) atoms. The van der Waals surface area contributed by atoms with E-state index in [0.29, 0.717) is 40.3 Å². The van der Waals surface area contributed by atoms with Crippen molar-refractivity contribution in [2.24, 2.45) is 0 Å². The van der Waals surface area contributed by atoms with Gasteiger partial charge in [0.15, 0.2) is 0 Å². The summed E-state index contributed by atoms with van der Waals surface area (Å²) in [6.07, 6.45) is 0.683. The zero-order valence-corrected chi connectivity index (χ0v) is 19.1. The van der Waals surface area contributed by atoms with Gasteiger partial charge in [-0.05, 0) is 37.1 Å². The number of benzene rings is 2. The van der Waals surface area contributed by atoms with E-state index in [1.54, 1.807) is 16.7 Å². The Bertz CT molecular complexity index is 1430. The predicted octanol–water partition coefficient (Wildman–Crippen LogP) is 3.52. The fourth-order valence-corrected chi connectivity index (χ4v) is 4.78. The molecule has 0 spiro atoms. The first-order chi connectivity index (χ1) is 16.0. The van der Waals surface area contributed by atoms with E-state index in [9.17, 15) is 9.59 Å². The summed E-state index contributed by atoms with van der Waals surface area (Å²) in [5.41, 5.74) is 3.69. The molecule has 0 atom stereocenters. The van der Waals surface area contributed by atoms with E-state index in [0.717, 1.165) is 26.3 Å². The van der Waals surface area contributed by atoms with Crippen LogP contribution >= 0.6 is 11.6 Å². The van der Waals surface area contributed by atoms with Gasteiger partial charge in [0.25, 0.3) is 11.1 Å². The van der Waals surface area contributed by atoms with Crippen molar-refractivity contribution in [3.8, 4) is 5.69 Å². The topological polar surface area (TPSA) is 72.3 Å². The normalized spacial score (nSPS) is 14.2. The number of nitrogens with one attached hydrogen (secondary N) is 1. The average molecular weight is 465 g/mol. The van der Waals surface area contributed by atoms with Crippen LogP contribution in [0.4, 0.5) is 5.69 Å². The number of aromatic nitrogens is 3. The highest BCUT2D eigenvalue weighted by Gasteiger charge is 2.18. The van der Waals surface area contributed by atoms with Gasteiger partial charge >= 0.3 is 0 Å². The number of para-hydroxylation sites is 2. The second kappa shape index (κ2) is 8.92. The number of aryl methyl sites for hydroxylation is 2. The fourth-order valence-electron chi connectivity index (χ4n) is 4.56. The zero-order chi connectivity index (χ0) is 22.9. The molecule has 7 nitrogen and oxygen atoms in total. The molecule has 170 valence electrons. The number of anilines is 1. The van der Waals surface area contributed by atoms with Crippen molar-refractivity contribution in [3.63, 3.8) is 0 Å². The summed E-state index contributed by atoms with van der Waals surface area (Å²) in [6.45, 7) is 5.45. The Balaban J connectivity index is 1.50. The van der Waals surface area contributed by atoms with Crippen LogP contribution in [0.15, 0.2) is 64.2 Å². The van der Waals surface area contributed by atoms with E-state index in [1.807, 2.05) is 31.2 Å². The van der Waals surface area contributed by atoms with Crippen molar-refractivity contribution < 1.29 is 4.74 Å². The number of morpholine rings is 1. The molecule has 0 radical (unpaired) electrons. The minimum atomic E-state index is -0.224. The molecular weight excluding hydrogens is 440 g/mol. The van der Waals surface area contributed by atoms with E-state index < -0.39 is 0 Å². The molecule has 4 aromatic rings. The Kier molecular flexibility index (Phi) is 5.83. The maximum atomic E-state index is 13.2. The number of H-pyrrole nitrogens is 1. The van der Waals surface area contributed by atoms with Crippen LogP contribution in [-0.4, -0.2) is 40.7 Å². The molecule has 2 aromatic heterocycles. The molecule has 0 bridgehead atoms. The fraction of sp³-hybridized carbons (Fsp3) is 0.280. The lowest BCUT2D eigenvalue weighted by molar-refractivity contribution is 0.122. The number of aromatic amines is 1. The molecule has 1 aliphatic heterocycles. The maximum absolute atomic E-state index is 13.2. The lowest BCUT2D eigenvalue weighted by atomic mass is 10.1. The maximum Gasteiger partial charge on any atom is 0.280 e. The van der Waals surface area contributed by atoms with Gasteiger partial charge in [-0.3, -0.25) is 14.7 Å². The van der Waals surface area contributed by atoms with Gasteiger partial charge in [0.2, 0.25) is 0 Å². The smallest absolute Gasteiger partial charge is 0.280 e. The predicted molar refractivity (Wildman–Crippen MR) is 131 cm³/mol. The monoisotopic (exact) mass is 464 g/mol. The van der Waals surface area contributed by atoms with Crippen molar-refractivity contribution in [3.05, 3.63) is 91.6 Å². The molecule has 0 aliphatic carbocycles. The first-order valence-corrected chi connectivity index (χ1v) is 11.4. The van der Waals surface area contributed by atoms with E-state index in [4.69, 9.17) is 16.3 Å². The van der Waals surface area contributed by atoms with E-state index in [2.05, 4.69) is 22.1 Å². The van der Waals surface area contributed by atoms with Crippen LogP contribution in [0.2, 0.25) is 5.02 Å². The molecule has 3 heterocycles. The quantitative estimate of drug-likeness (QED) is 0.490. The Morgan fingerprint density at radius 1 is 1.00 bits per heavy atom. The van der Waals surface area contributed by atoms with E-state index in [-0.39, 0.29) is 11.1 Å². The first-order valence-electron chi connectivity index (χ1n) is 11.1. The summed E-state index contributed by atoms with van der Waals surface area (Å²) in [4.78, 5) is 28.5. The molecule has 0 saturated carbocycles. The molecule has 0 amide bonds. The number of hydrogen-bond donors (Lipinski definition) is 1. The third-order valence-corrected chi connectivity index (χ3v) is 6.58. The van der Waals surface area contributed by atoms with Gasteiger partial charge in [-0.25, -0.2) is 4.68 Å². The number of nitrogens with zero attached hydrogens (tertiary/aromatic N) is 3. The van der Waals surface area contributed by atoms with Crippen LogP contribution in [0, 0.1) is 6.92 Å². The van der Waals surface area contributed by atoms with Gasteiger partial charge in [-0.1, -0.05) is 41.9 Å². The highest BCUT2D eigenvalue weighted by atomic mass is 35.5. The zero-order valence-electron chi connectivity index (χ0n) is 18.4. The Labute approximate surface area is 195 Å². The van der Waals surface area contributed by atoms with Crippen molar-refractivity contribution in [2.45, 2.75) is 19.9 Å². The first kappa shape index (κ1) is 21.6. The van der Waals surface area contributed by atoms with Gasteiger partial charge in [0.1, 0.15) is 0 Å². The third-order valence-electron chi connectivity index (χ3n) is 6.26. The van der Waals surface area contributed by atoms with Gasteiger partial charge in [-0.2, -0.15) is 0 Å². The largest absolute Gasteiger partial charge is 0.378 e. The number of halogens is 1. The molecule has 8 heteroatoms. The summed E-state index contributed by atoms with van der Waals surface area (Å²) in [6, 6.07) is 16.9. The second-order valence-electron chi connectivity index (χ2n) is 8.19. The molecule has 5 rings (SSSR count). The summed E-state index contributed by atoms with van der Waals surface area (Å²) < 4.78 is 8.57. The Morgan fingerprint density at radius 2 is 1.70 bits per heavy atom. The lowest BCUT2D eigenvalue weighted by Crippen LogP contribution is -2.36. The molecule has 1 fully saturated rings. The Morgan fingerprint density at radius 3 is 2.45 bits per heavy atom. The average Bonchev–Trinajstić information content (AvgIpc) is 3.16. The van der Waals surface area contributed by atoms with Crippen LogP contribution in [0.3, 0.4) is 0 Å². The van der Waals surface area contributed by atoms with E-state index in [1.165, 1.54) is 22.0 Å². The summed E-state index contributed by atoms with van der Waals surface area (Å²) in [7, 11) is 0. The molecule has 1 saturated heterocycles. The molecule has 1 N–H and O–H groups in total. The number of hydrogen-bond acceptors (Lipinski definition) is 4. The minimum absolute atomic E-state index is 0.142. The van der Waals surface area contributed by atoms with Crippen LogP contribution < -0.4 is 16.0 Å². The van der Waals surface area contributed by atoms with Gasteiger partial charge in [-0.15, -0.1) is 0 Å². The van der Waals surface area contributed by atoms with Gasteiger partial charge < -0.3 is 14.2 Å². The molecule has 1 aliphatic rings. The van der Waals surface area contributed by atoms with Crippen LogP contribution in [0.5, 0.6) is 0 Å². The van der Waals surface area contributed by atoms with Crippen molar-refractivity contribution in [1.82, 2.24) is 14.3 Å². The van der Waals surface area contributed by atoms with Crippen LogP contribution in [0.25, 0.3) is 16.6 Å². The van der Waals surface area contributed by atoms with Crippen molar-refractivity contribution in [2.75, 3.05) is 31.2 Å². The second-order valence-corrected chi connectivity index (χ2v) is 8.60. The number of ether oxygens (including phenoxy) is 1. The summed E-state index contributed by atoms with van der Waals surface area (Å²) >= 11 is 6.30. The van der Waals surface area contributed by atoms with E-state index >= 15 is 0 Å². The van der Waals surface area contributed by atoms with Crippen molar-refractivity contribution >= 4 is 28.2 Å². The standard InChI is InChI=1S/C25H25ClN4O3/c1-17-24-20(27-30(25(24)32)22-9-5-3-7-19(22)26)16-23(31)29(17)11-10-18-6-2-4-8-21(18)28-12-14-33-15-13-28/h2-9,16,27H,10-15H2,1H3. The van der Waals surface area contributed by atoms with Gasteiger partial charge in [0.05, 0.1) is 34.8 Å².